The average Bonchev–Trinajstić information content (AvgIpc) is 3.04. The van der Waals surface area contributed by atoms with Crippen LogP contribution < -0.4 is 5.32 Å². The fourth-order valence-electron chi connectivity index (χ4n) is 3.00. The Morgan fingerprint density at radius 2 is 1.66 bits per heavy atom. The molecule has 0 aliphatic heterocycles. The van der Waals surface area contributed by atoms with Gasteiger partial charge in [0.1, 0.15) is 5.52 Å². The van der Waals surface area contributed by atoms with E-state index >= 15 is 0 Å². The lowest BCUT2D eigenvalue weighted by atomic mass is 10.1. The van der Waals surface area contributed by atoms with Crippen molar-refractivity contribution in [1.82, 2.24) is 14.7 Å². The van der Waals surface area contributed by atoms with Crippen LogP contribution in [0.1, 0.15) is 33.2 Å². The zero-order chi connectivity index (χ0) is 20.5. The number of Topliss-reactive ketones (excluding diaryl/α,β-unsaturated/α-hetero) is 1. The summed E-state index contributed by atoms with van der Waals surface area (Å²) in [6, 6.07) is 15.3. The molecule has 0 saturated carbocycles. The number of carbonyl (C=O) groups excluding carboxylic acids is 2. The van der Waals surface area contributed by atoms with E-state index in [1.165, 1.54) is 6.92 Å². The van der Waals surface area contributed by atoms with Gasteiger partial charge in [0, 0.05) is 28.6 Å². The summed E-state index contributed by atoms with van der Waals surface area (Å²) in [5.74, 6) is 0.0468. The van der Waals surface area contributed by atoms with Crippen LogP contribution in [0.15, 0.2) is 60.8 Å². The first-order valence-corrected chi connectivity index (χ1v) is 8.99. The summed E-state index contributed by atoms with van der Waals surface area (Å²) in [5, 5.41) is 13.2. The third kappa shape index (κ3) is 3.58. The highest BCUT2D eigenvalue weighted by Crippen LogP contribution is 2.24. The molecule has 0 radical (unpaired) electrons. The van der Waals surface area contributed by atoms with Gasteiger partial charge in [0.25, 0.3) is 5.91 Å². The smallest absolute Gasteiger partial charge is 0.255 e. The van der Waals surface area contributed by atoms with Crippen LogP contribution in [-0.4, -0.2) is 31.6 Å². The first-order valence-electron chi connectivity index (χ1n) is 8.99. The number of imidazole rings is 1. The molecule has 2 aromatic heterocycles. The number of fused-ring (bicyclic) bond motifs is 1. The van der Waals surface area contributed by atoms with Crippen LogP contribution in [0.5, 0.6) is 0 Å². The Balaban J connectivity index is 1.54. The predicted molar refractivity (Wildman–Crippen MR) is 109 cm³/mol. The molecular weight excluding hydrogens is 368 g/mol. The maximum Gasteiger partial charge on any atom is 0.255 e. The van der Waals surface area contributed by atoms with E-state index in [0.717, 1.165) is 10.3 Å². The largest absolute Gasteiger partial charge is 0.426 e. The number of aromatic nitrogens is 3. The van der Waals surface area contributed by atoms with E-state index in [2.05, 4.69) is 15.3 Å². The van der Waals surface area contributed by atoms with E-state index in [1.807, 2.05) is 13.0 Å². The van der Waals surface area contributed by atoms with Crippen molar-refractivity contribution in [1.29, 1.82) is 0 Å². The number of anilines is 1. The standard InChI is InChI=1S/C22H18N4O3/c1-13-11-19-20(23-12-13)25-21(26(19)29)16-7-9-18(10-8-16)24-22(28)17-5-3-15(4-6-17)14(2)27/h3-12,29H,1-2H3,(H,24,28). The molecule has 0 atom stereocenters. The van der Waals surface area contributed by atoms with Crippen molar-refractivity contribution < 1.29 is 14.8 Å². The van der Waals surface area contributed by atoms with Gasteiger partial charge >= 0.3 is 0 Å². The second-order valence-corrected chi connectivity index (χ2v) is 6.77. The maximum absolute atomic E-state index is 12.4. The third-order valence-corrected chi connectivity index (χ3v) is 4.58. The molecule has 0 aliphatic rings. The second kappa shape index (κ2) is 7.20. The molecule has 7 nitrogen and oxygen atoms in total. The summed E-state index contributed by atoms with van der Waals surface area (Å²) in [4.78, 5) is 32.3. The third-order valence-electron chi connectivity index (χ3n) is 4.58. The molecule has 0 spiro atoms. The molecule has 0 unspecified atom stereocenters. The van der Waals surface area contributed by atoms with E-state index in [-0.39, 0.29) is 11.7 Å². The summed E-state index contributed by atoms with van der Waals surface area (Å²) in [6.07, 6.45) is 1.70. The van der Waals surface area contributed by atoms with Crippen molar-refractivity contribution in [2.45, 2.75) is 13.8 Å². The van der Waals surface area contributed by atoms with E-state index in [0.29, 0.717) is 39.4 Å². The molecule has 4 aromatic rings. The summed E-state index contributed by atoms with van der Waals surface area (Å²) in [6.45, 7) is 3.37. The van der Waals surface area contributed by atoms with E-state index < -0.39 is 0 Å². The Labute approximate surface area is 166 Å². The highest BCUT2D eigenvalue weighted by Gasteiger charge is 2.14. The number of nitrogens with one attached hydrogen (secondary N) is 1. The zero-order valence-electron chi connectivity index (χ0n) is 15.9. The monoisotopic (exact) mass is 386 g/mol. The van der Waals surface area contributed by atoms with Gasteiger partial charge in [-0.25, -0.2) is 9.97 Å². The fraction of sp³-hybridized carbons (Fsp3) is 0.0909. The number of ketones is 1. The van der Waals surface area contributed by atoms with Gasteiger partial charge in [0.15, 0.2) is 17.3 Å². The summed E-state index contributed by atoms with van der Waals surface area (Å²) in [5.41, 5.74) is 4.22. The molecule has 0 bridgehead atoms. The molecule has 0 saturated heterocycles. The van der Waals surface area contributed by atoms with Gasteiger partial charge in [-0.3, -0.25) is 9.59 Å². The summed E-state index contributed by atoms with van der Waals surface area (Å²) in [7, 11) is 0. The molecule has 4 rings (SSSR count). The minimum atomic E-state index is -0.276. The van der Waals surface area contributed by atoms with Gasteiger partial charge in [-0.05, 0) is 61.9 Å². The van der Waals surface area contributed by atoms with Gasteiger partial charge < -0.3 is 10.5 Å². The molecule has 0 fully saturated rings. The van der Waals surface area contributed by atoms with Crippen LogP contribution in [0.3, 0.4) is 0 Å². The van der Waals surface area contributed by atoms with Crippen LogP contribution >= 0.6 is 0 Å². The van der Waals surface area contributed by atoms with Crippen molar-refractivity contribution in [3.63, 3.8) is 0 Å². The van der Waals surface area contributed by atoms with Gasteiger partial charge in [0.05, 0.1) is 0 Å². The quantitative estimate of drug-likeness (QED) is 0.407. The van der Waals surface area contributed by atoms with Gasteiger partial charge in [-0.1, -0.05) is 12.1 Å². The molecule has 1 amide bonds. The molecule has 2 aromatic carbocycles. The van der Waals surface area contributed by atoms with Crippen LogP contribution in [-0.2, 0) is 0 Å². The van der Waals surface area contributed by atoms with Crippen LogP contribution in [0.25, 0.3) is 22.6 Å². The maximum atomic E-state index is 12.4. The highest BCUT2D eigenvalue weighted by molar-refractivity contribution is 6.05. The molecule has 2 heterocycles. The first-order chi connectivity index (χ1) is 13.9. The second-order valence-electron chi connectivity index (χ2n) is 6.77. The van der Waals surface area contributed by atoms with Crippen LogP contribution in [0, 0.1) is 6.92 Å². The SMILES string of the molecule is CC(=O)c1ccc(C(=O)Nc2ccc(-c3nc4ncc(C)cc4n3O)cc2)cc1. The van der Waals surface area contributed by atoms with E-state index in [1.54, 1.807) is 54.7 Å². The van der Waals surface area contributed by atoms with Crippen LogP contribution in [0.4, 0.5) is 5.69 Å². The molecule has 29 heavy (non-hydrogen) atoms. The lowest BCUT2D eigenvalue weighted by Crippen LogP contribution is -2.12. The zero-order valence-corrected chi connectivity index (χ0v) is 15.9. The number of rotatable bonds is 4. The number of hydrogen-bond acceptors (Lipinski definition) is 5. The first kappa shape index (κ1) is 18.4. The Kier molecular flexibility index (Phi) is 4.56. The van der Waals surface area contributed by atoms with Gasteiger partial charge in [-0.15, -0.1) is 0 Å². The Hall–Kier alpha value is -4.00. The summed E-state index contributed by atoms with van der Waals surface area (Å²) >= 11 is 0. The number of hydrogen-bond donors (Lipinski definition) is 2. The topological polar surface area (TPSA) is 97.1 Å². The fourth-order valence-corrected chi connectivity index (χ4v) is 3.00. The molecule has 0 aliphatic carbocycles. The van der Waals surface area contributed by atoms with Crippen molar-refractivity contribution in [3.8, 4) is 11.4 Å². The number of nitrogens with zero attached hydrogens (tertiary/aromatic N) is 3. The number of pyridine rings is 1. The number of amides is 1. The average molecular weight is 386 g/mol. The lowest BCUT2D eigenvalue weighted by molar-refractivity contribution is 0.101. The van der Waals surface area contributed by atoms with E-state index in [4.69, 9.17) is 0 Å². The molecular formula is C22H18N4O3. The predicted octanol–water partition coefficient (Wildman–Crippen LogP) is 4.10. The minimum absolute atomic E-state index is 0.0483. The van der Waals surface area contributed by atoms with Crippen molar-refractivity contribution in [2.75, 3.05) is 5.32 Å². The van der Waals surface area contributed by atoms with Crippen molar-refractivity contribution in [3.05, 3.63) is 77.5 Å². The Morgan fingerprint density at radius 3 is 2.31 bits per heavy atom. The van der Waals surface area contributed by atoms with E-state index in [9.17, 15) is 14.8 Å². The highest BCUT2D eigenvalue weighted by atomic mass is 16.5. The number of benzene rings is 2. The minimum Gasteiger partial charge on any atom is -0.426 e. The Bertz CT molecular complexity index is 1230. The normalized spacial score (nSPS) is 10.8. The molecule has 2 N–H and O–H groups in total. The Morgan fingerprint density at radius 1 is 1.00 bits per heavy atom. The van der Waals surface area contributed by atoms with Crippen molar-refractivity contribution in [2.24, 2.45) is 0 Å². The van der Waals surface area contributed by atoms with Crippen LogP contribution in [0.2, 0.25) is 0 Å². The molecule has 144 valence electrons. The van der Waals surface area contributed by atoms with Gasteiger partial charge in [0.2, 0.25) is 0 Å². The number of aryl methyl sites for hydroxylation is 1. The summed E-state index contributed by atoms with van der Waals surface area (Å²) < 4.78 is 1.01. The molecule has 7 heteroatoms. The van der Waals surface area contributed by atoms with Crippen molar-refractivity contribution >= 4 is 28.5 Å². The van der Waals surface area contributed by atoms with Gasteiger partial charge in [-0.2, -0.15) is 4.73 Å². The lowest BCUT2D eigenvalue weighted by Gasteiger charge is -2.07. The number of carbonyl (C=O) groups is 2.